The molecule has 1 aromatic rings. The zero-order valence-electron chi connectivity index (χ0n) is 7.96. The second-order valence-electron chi connectivity index (χ2n) is 3.07. The van der Waals surface area contributed by atoms with Gasteiger partial charge >= 0.3 is 6.03 Å². The fourth-order valence-electron chi connectivity index (χ4n) is 1.49. The minimum Gasteiger partial charge on any atom is -0.385 e. The Morgan fingerprint density at radius 1 is 1.73 bits per heavy atom. The third kappa shape index (κ3) is 1.63. The predicted octanol–water partition coefficient (Wildman–Crippen LogP) is 1.16. The van der Waals surface area contributed by atoms with Crippen LogP contribution in [0.15, 0.2) is 29.4 Å². The first-order chi connectivity index (χ1) is 7.24. The summed E-state index contributed by atoms with van der Waals surface area (Å²) in [6, 6.07) is -0.589. The molecule has 6 heteroatoms. The molecule has 0 aliphatic carbocycles. The van der Waals surface area contributed by atoms with Gasteiger partial charge in [0.1, 0.15) is 11.9 Å². The summed E-state index contributed by atoms with van der Waals surface area (Å²) in [6.07, 6.45) is 3.35. The Balaban J connectivity index is 2.32. The SMILES string of the molecule is C=CCN1C(=O)N=C(N)C1c1cncs1. The fraction of sp³-hybridized carbons (Fsp3) is 0.222. The lowest BCUT2D eigenvalue weighted by Crippen LogP contribution is -2.32. The van der Waals surface area contributed by atoms with Gasteiger partial charge in [0.25, 0.3) is 0 Å². The molecule has 2 rings (SSSR count). The van der Waals surface area contributed by atoms with Crippen LogP contribution < -0.4 is 5.73 Å². The summed E-state index contributed by atoms with van der Waals surface area (Å²) in [4.78, 5) is 21.7. The molecular weight excluding hydrogens is 212 g/mol. The monoisotopic (exact) mass is 222 g/mol. The number of rotatable bonds is 3. The zero-order chi connectivity index (χ0) is 10.8. The van der Waals surface area contributed by atoms with Crippen LogP contribution in [0.5, 0.6) is 0 Å². The second kappa shape index (κ2) is 3.82. The quantitative estimate of drug-likeness (QED) is 0.780. The highest BCUT2D eigenvalue weighted by molar-refractivity contribution is 7.09. The molecule has 0 radical (unpaired) electrons. The van der Waals surface area contributed by atoms with Crippen LogP contribution in [0.4, 0.5) is 4.79 Å². The number of aliphatic imine (C=N–C) groups is 1. The molecule has 0 bridgehead atoms. The van der Waals surface area contributed by atoms with Gasteiger partial charge < -0.3 is 10.6 Å². The Morgan fingerprint density at radius 3 is 3.13 bits per heavy atom. The van der Waals surface area contributed by atoms with E-state index in [1.807, 2.05) is 0 Å². The summed E-state index contributed by atoms with van der Waals surface area (Å²) < 4.78 is 0. The highest BCUT2D eigenvalue weighted by Gasteiger charge is 2.34. The van der Waals surface area contributed by atoms with Crippen LogP contribution in [0.1, 0.15) is 10.9 Å². The first kappa shape index (κ1) is 9.85. The molecule has 0 saturated heterocycles. The van der Waals surface area contributed by atoms with E-state index in [2.05, 4.69) is 16.6 Å². The lowest BCUT2D eigenvalue weighted by atomic mass is 10.2. The highest BCUT2D eigenvalue weighted by Crippen LogP contribution is 2.28. The highest BCUT2D eigenvalue weighted by atomic mass is 32.1. The second-order valence-corrected chi connectivity index (χ2v) is 3.98. The molecule has 78 valence electrons. The molecule has 0 spiro atoms. The minimum atomic E-state index is -0.314. The van der Waals surface area contributed by atoms with Crippen LogP contribution in [-0.2, 0) is 0 Å². The average molecular weight is 222 g/mol. The number of hydrogen-bond acceptors (Lipinski definition) is 4. The minimum absolute atomic E-state index is 0.275. The van der Waals surface area contributed by atoms with Crippen molar-refractivity contribution in [2.75, 3.05) is 6.54 Å². The number of amidine groups is 1. The normalized spacial score (nSPS) is 20.5. The summed E-state index contributed by atoms with van der Waals surface area (Å²) in [5.41, 5.74) is 7.42. The van der Waals surface area contributed by atoms with E-state index < -0.39 is 0 Å². The van der Waals surface area contributed by atoms with Crippen LogP contribution >= 0.6 is 11.3 Å². The van der Waals surface area contributed by atoms with E-state index >= 15 is 0 Å². The van der Waals surface area contributed by atoms with Gasteiger partial charge in [0.05, 0.1) is 10.4 Å². The maximum absolute atomic E-state index is 11.5. The molecule has 0 aromatic carbocycles. The number of aromatic nitrogens is 1. The van der Waals surface area contributed by atoms with Crippen LogP contribution in [0.25, 0.3) is 0 Å². The Hall–Kier alpha value is -1.69. The van der Waals surface area contributed by atoms with Crippen LogP contribution in [0, 0.1) is 0 Å². The van der Waals surface area contributed by atoms with Crippen molar-refractivity contribution >= 4 is 23.2 Å². The van der Waals surface area contributed by atoms with E-state index in [1.54, 1.807) is 22.7 Å². The van der Waals surface area contributed by atoms with Crippen molar-refractivity contribution in [1.82, 2.24) is 9.88 Å². The van der Waals surface area contributed by atoms with Gasteiger partial charge in [0.2, 0.25) is 0 Å². The van der Waals surface area contributed by atoms with Crippen molar-refractivity contribution in [2.24, 2.45) is 10.7 Å². The molecule has 2 N–H and O–H groups in total. The van der Waals surface area contributed by atoms with Gasteiger partial charge in [-0.15, -0.1) is 17.9 Å². The molecule has 1 aliphatic heterocycles. The summed E-state index contributed by atoms with van der Waals surface area (Å²) >= 11 is 1.46. The van der Waals surface area contributed by atoms with Crippen LogP contribution in [-0.4, -0.2) is 28.3 Å². The lowest BCUT2D eigenvalue weighted by Gasteiger charge is -2.20. The molecule has 5 nitrogen and oxygen atoms in total. The summed E-state index contributed by atoms with van der Waals surface area (Å²) in [6.45, 7) is 4.04. The molecule has 2 heterocycles. The van der Waals surface area contributed by atoms with Gasteiger partial charge in [0, 0.05) is 12.7 Å². The summed E-state index contributed by atoms with van der Waals surface area (Å²) in [5.74, 6) is 0.325. The predicted molar refractivity (Wildman–Crippen MR) is 58.8 cm³/mol. The van der Waals surface area contributed by atoms with E-state index in [0.717, 1.165) is 4.88 Å². The first-order valence-corrected chi connectivity index (χ1v) is 5.26. The van der Waals surface area contributed by atoms with Crippen molar-refractivity contribution < 1.29 is 4.79 Å². The number of thiazole rings is 1. The van der Waals surface area contributed by atoms with Gasteiger partial charge in [0.15, 0.2) is 0 Å². The molecule has 1 aromatic heterocycles. The Bertz CT molecular complexity index is 412. The number of nitrogens with two attached hydrogens (primary N) is 1. The molecular formula is C9H10N4OS. The summed E-state index contributed by atoms with van der Waals surface area (Å²) in [5, 5.41) is 0. The third-order valence-electron chi connectivity index (χ3n) is 2.11. The number of amides is 2. The van der Waals surface area contributed by atoms with Crippen molar-refractivity contribution in [1.29, 1.82) is 0 Å². The Kier molecular flexibility index (Phi) is 2.51. The number of urea groups is 1. The molecule has 15 heavy (non-hydrogen) atoms. The van der Waals surface area contributed by atoms with Crippen molar-refractivity contribution in [2.45, 2.75) is 6.04 Å². The van der Waals surface area contributed by atoms with E-state index in [0.29, 0.717) is 12.4 Å². The van der Waals surface area contributed by atoms with Gasteiger partial charge in [-0.2, -0.15) is 4.99 Å². The molecule has 1 aliphatic rings. The number of nitrogens with zero attached hydrogens (tertiary/aromatic N) is 3. The Morgan fingerprint density at radius 2 is 2.53 bits per heavy atom. The number of hydrogen-bond donors (Lipinski definition) is 1. The van der Waals surface area contributed by atoms with Crippen LogP contribution in [0.2, 0.25) is 0 Å². The fourth-order valence-corrected chi connectivity index (χ4v) is 2.23. The molecule has 0 saturated carbocycles. The molecule has 1 unspecified atom stereocenters. The molecule has 2 amide bonds. The van der Waals surface area contributed by atoms with Crippen molar-refractivity contribution in [3.05, 3.63) is 29.2 Å². The summed E-state index contributed by atoms with van der Waals surface area (Å²) in [7, 11) is 0. The van der Waals surface area contributed by atoms with Crippen LogP contribution in [0.3, 0.4) is 0 Å². The first-order valence-electron chi connectivity index (χ1n) is 4.38. The van der Waals surface area contributed by atoms with E-state index in [4.69, 9.17) is 5.73 Å². The Labute approximate surface area is 90.9 Å². The van der Waals surface area contributed by atoms with Gasteiger partial charge in [-0.1, -0.05) is 6.08 Å². The maximum Gasteiger partial charge on any atom is 0.346 e. The molecule has 1 atom stereocenters. The van der Waals surface area contributed by atoms with Crippen molar-refractivity contribution in [3.63, 3.8) is 0 Å². The number of carbonyl (C=O) groups is 1. The topological polar surface area (TPSA) is 71.6 Å². The van der Waals surface area contributed by atoms with E-state index in [1.165, 1.54) is 11.3 Å². The zero-order valence-corrected chi connectivity index (χ0v) is 8.78. The standard InChI is InChI=1S/C9H10N4OS/c1-2-3-13-7(6-4-11-5-15-6)8(10)12-9(13)14/h2,4-5,7H,1,3H2,(H2,10,12,14). The van der Waals surface area contributed by atoms with Gasteiger partial charge in [-0.25, -0.2) is 4.79 Å². The van der Waals surface area contributed by atoms with Gasteiger partial charge in [-0.05, 0) is 0 Å². The average Bonchev–Trinajstić information content (AvgIpc) is 2.77. The largest absolute Gasteiger partial charge is 0.385 e. The molecule has 0 fully saturated rings. The maximum atomic E-state index is 11.5. The van der Waals surface area contributed by atoms with Crippen molar-refractivity contribution in [3.8, 4) is 0 Å². The third-order valence-corrected chi connectivity index (χ3v) is 2.94. The smallest absolute Gasteiger partial charge is 0.346 e. The van der Waals surface area contributed by atoms with E-state index in [9.17, 15) is 4.79 Å². The number of carbonyl (C=O) groups excluding carboxylic acids is 1. The van der Waals surface area contributed by atoms with Gasteiger partial charge in [-0.3, -0.25) is 4.98 Å². The lowest BCUT2D eigenvalue weighted by molar-refractivity contribution is 0.213. The van der Waals surface area contributed by atoms with E-state index in [-0.39, 0.29) is 12.1 Å².